The average molecular weight is 338 g/mol. The number of hydrogen-bond acceptors (Lipinski definition) is 3. The van der Waals surface area contributed by atoms with E-state index in [2.05, 4.69) is 30.3 Å². The Kier molecular flexibility index (Phi) is 4.40. The molecule has 4 rings (SSSR count). The highest BCUT2D eigenvalue weighted by molar-refractivity contribution is 5.88. The van der Waals surface area contributed by atoms with Crippen molar-refractivity contribution in [3.63, 3.8) is 0 Å². The van der Waals surface area contributed by atoms with Gasteiger partial charge in [-0.15, -0.1) is 0 Å². The smallest absolute Gasteiger partial charge is 0.249 e. The maximum atomic E-state index is 12.9. The molecule has 0 aromatic heterocycles. The predicted octanol–water partition coefficient (Wildman–Crippen LogP) is 2.36. The Balaban J connectivity index is 1.57. The molecule has 130 valence electrons. The van der Waals surface area contributed by atoms with Gasteiger partial charge in [0.2, 0.25) is 11.8 Å². The summed E-state index contributed by atoms with van der Waals surface area (Å²) in [6, 6.07) is 14.7. The van der Waals surface area contributed by atoms with Gasteiger partial charge in [0.1, 0.15) is 6.61 Å². The molecule has 2 amide bonds. The summed E-state index contributed by atoms with van der Waals surface area (Å²) in [5.41, 5.74) is 1.21. The van der Waals surface area contributed by atoms with Crippen molar-refractivity contribution in [3.05, 3.63) is 48.0 Å². The summed E-state index contributed by atoms with van der Waals surface area (Å²) >= 11 is 0. The van der Waals surface area contributed by atoms with Crippen LogP contribution in [0.4, 0.5) is 0 Å². The molecule has 2 aromatic carbocycles. The van der Waals surface area contributed by atoms with Gasteiger partial charge in [0, 0.05) is 13.1 Å². The number of benzene rings is 2. The van der Waals surface area contributed by atoms with Crippen LogP contribution in [0.15, 0.2) is 42.5 Å². The van der Waals surface area contributed by atoms with Crippen LogP contribution < -0.4 is 0 Å². The average Bonchev–Trinajstić information content (AvgIpc) is 3.13. The largest absolute Gasteiger partial charge is 0.370 e. The first-order chi connectivity index (χ1) is 12.2. The van der Waals surface area contributed by atoms with E-state index in [0.29, 0.717) is 13.2 Å². The molecule has 0 bridgehead atoms. The molecular formula is C20H22N2O3. The van der Waals surface area contributed by atoms with Gasteiger partial charge in [-0.3, -0.25) is 9.59 Å². The number of hydrogen-bond donors (Lipinski definition) is 0. The number of morpholine rings is 1. The highest BCUT2D eigenvalue weighted by Crippen LogP contribution is 2.36. The van der Waals surface area contributed by atoms with Crippen LogP contribution in [0, 0.1) is 0 Å². The van der Waals surface area contributed by atoms with Crippen LogP contribution in [0.3, 0.4) is 0 Å². The van der Waals surface area contributed by atoms with Gasteiger partial charge in [0.15, 0.2) is 0 Å². The first-order valence-electron chi connectivity index (χ1n) is 8.87. The summed E-state index contributed by atoms with van der Waals surface area (Å²) in [6.45, 7) is 2.00. The lowest BCUT2D eigenvalue weighted by Gasteiger charge is -2.31. The maximum Gasteiger partial charge on any atom is 0.249 e. The zero-order valence-corrected chi connectivity index (χ0v) is 14.2. The SMILES string of the molecule is O=C1COCCN1CC(=O)N1CCC[C@H]1c1cccc2ccccc12. The fourth-order valence-corrected chi connectivity index (χ4v) is 3.90. The third-order valence-electron chi connectivity index (χ3n) is 5.17. The van der Waals surface area contributed by atoms with Crippen LogP contribution >= 0.6 is 0 Å². The van der Waals surface area contributed by atoms with Gasteiger partial charge in [-0.25, -0.2) is 0 Å². The van der Waals surface area contributed by atoms with E-state index in [4.69, 9.17) is 4.74 Å². The van der Waals surface area contributed by atoms with Crippen LogP contribution in [0.25, 0.3) is 10.8 Å². The Morgan fingerprint density at radius 2 is 1.96 bits per heavy atom. The molecule has 5 nitrogen and oxygen atoms in total. The Labute approximate surface area is 147 Å². The van der Waals surface area contributed by atoms with Gasteiger partial charge in [0.05, 0.1) is 19.2 Å². The first kappa shape index (κ1) is 16.1. The van der Waals surface area contributed by atoms with Crippen LogP contribution in [0.2, 0.25) is 0 Å². The van der Waals surface area contributed by atoms with E-state index in [1.807, 2.05) is 17.0 Å². The minimum Gasteiger partial charge on any atom is -0.370 e. The lowest BCUT2D eigenvalue weighted by atomic mass is 9.97. The monoisotopic (exact) mass is 338 g/mol. The third kappa shape index (κ3) is 3.12. The van der Waals surface area contributed by atoms with Gasteiger partial charge >= 0.3 is 0 Å². The normalized spacial score (nSPS) is 21.1. The van der Waals surface area contributed by atoms with Crippen molar-refractivity contribution in [2.24, 2.45) is 0 Å². The summed E-state index contributed by atoms with van der Waals surface area (Å²) in [7, 11) is 0. The van der Waals surface area contributed by atoms with Gasteiger partial charge in [-0.1, -0.05) is 42.5 Å². The number of ether oxygens (including phenoxy) is 1. The summed E-state index contributed by atoms with van der Waals surface area (Å²) in [5.74, 6) is -0.0637. The van der Waals surface area contributed by atoms with Gasteiger partial charge in [0.25, 0.3) is 0 Å². The molecule has 5 heteroatoms. The van der Waals surface area contributed by atoms with Crippen LogP contribution in [-0.4, -0.2) is 54.5 Å². The molecule has 2 aliphatic rings. The number of carbonyl (C=O) groups excluding carboxylic acids is 2. The summed E-state index contributed by atoms with van der Waals surface area (Å²) in [6.07, 6.45) is 1.97. The van der Waals surface area contributed by atoms with Crippen molar-refractivity contribution in [1.29, 1.82) is 0 Å². The highest BCUT2D eigenvalue weighted by atomic mass is 16.5. The Bertz CT molecular complexity index is 799. The highest BCUT2D eigenvalue weighted by Gasteiger charge is 2.32. The molecule has 25 heavy (non-hydrogen) atoms. The Hall–Kier alpha value is -2.40. The van der Waals surface area contributed by atoms with Crippen LogP contribution in [0.5, 0.6) is 0 Å². The molecule has 2 heterocycles. The second-order valence-corrected chi connectivity index (χ2v) is 6.68. The van der Waals surface area contributed by atoms with E-state index in [9.17, 15) is 9.59 Å². The number of rotatable bonds is 3. The Morgan fingerprint density at radius 1 is 1.12 bits per heavy atom. The lowest BCUT2D eigenvalue weighted by molar-refractivity contribution is -0.148. The number of fused-ring (bicyclic) bond motifs is 1. The molecular weight excluding hydrogens is 316 g/mol. The molecule has 0 aliphatic carbocycles. The molecule has 0 unspecified atom stereocenters. The fraction of sp³-hybridized carbons (Fsp3) is 0.400. The van der Waals surface area contributed by atoms with Crippen molar-refractivity contribution in [2.75, 3.05) is 32.8 Å². The van der Waals surface area contributed by atoms with Gasteiger partial charge in [-0.05, 0) is 29.2 Å². The van der Waals surface area contributed by atoms with Crippen molar-refractivity contribution in [2.45, 2.75) is 18.9 Å². The molecule has 0 saturated carbocycles. The van der Waals surface area contributed by atoms with E-state index in [1.54, 1.807) is 4.90 Å². The third-order valence-corrected chi connectivity index (χ3v) is 5.17. The number of nitrogens with zero attached hydrogens (tertiary/aromatic N) is 2. The lowest BCUT2D eigenvalue weighted by Crippen LogP contribution is -2.47. The van der Waals surface area contributed by atoms with Crippen molar-refractivity contribution in [1.82, 2.24) is 9.80 Å². The standard InChI is InChI=1S/C20H22N2O3/c23-19(13-21-11-12-25-14-20(21)24)22-10-4-9-18(22)17-8-3-6-15-5-1-2-7-16(15)17/h1-3,5-8,18H,4,9-14H2/t18-/m0/s1. The quantitative estimate of drug-likeness (QED) is 0.863. The van der Waals surface area contributed by atoms with Crippen molar-refractivity contribution in [3.8, 4) is 0 Å². The zero-order valence-electron chi connectivity index (χ0n) is 14.2. The maximum absolute atomic E-state index is 12.9. The van der Waals surface area contributed by atoms with E-state index in [1.165, 1.54) is 16.3 Å². The molecule has 2 aromatic rings. The van der Waals surface area contributed by atoms with Crippen LogP contribution in [-0.2, 0) is 14.3 Å². The summed E-state index contributed by atoms with van der Waals surface area (Å²) < 4.78 is 5.14. The molecule has 0 spiro atoms. The van der Waals surface area contributed by atoms with E-state index in [-0.39, 0.29) is 31.0 Å². The first-order valence-corrected chi connectivity index (χ1v) is 8.87. The van der Waals surface area contributed by atoms with Crippen molar-refractivity contribution < 1.29 is 14.3 Å². The number of carbonyl (C=O) groups is 2. The van der Waals surface area contributed by atoms with Crippen LogP contribution in [0.1, 0.15) is 24.4 Å². The van der Waals surface area contributed by atoms with Crippen molar-refractivity contribution >= 4 is 22.6 Å². The second kappa shape index (κ2) is 6.84. The fourth-order valence-electron chi connectivity index (χ4n) is 3.90. The molecule has 0 N–H and O–H groups in total. The molecule has 0 radical (unpaired) electrons. The summed E-state index contributed by atoms with van der Waals surface area (Å²) in [4.78, 5) is 28.3. The predicted molar refractivity (Wildman–Crippen MR) is 95.0 cm³/mol. The van der Waals surface area contributed by atoms with E-state index >= 15 is 0 Å². The summed E-state index contributed by atoms with van der Waals surface area (Å²) in [5, 5.41) is 2.40. The molecule has 1 atom stereocenters. The minimum absolute atomic E-state index is 0.0330. The van der Waals surface area contributed by atoms with E-state index in [0.717, 1.165) is 19.4 Å². The minimum atomic E-state index is -0.0968. The number of amides is 2. The zero-order chi connectivity index (χ0) is 17.2. The van der Waals surface area contributed by atoms with E-state index < -0.39 is 0 Å². The van der Waals surface area contributed by atoms with Gasteiger partial charge < -0.3 is 14.5 Å². The second-order valence-electron chi connectivity index (χ2n) is 6.68. The molecule has 2 aliphatic heterocycles. The Morgan fingerprint density at radius 3 is 2.84 bits per heavy atom. The molecule has 2 saturated heterocycles. The topological polar surface area (TPSA) is 49.9 Å². The molecule has 2 fully saturated rings. The van der Waals surface area contributed by atoms with Gasteiger partial charge in [-0.2, -0.15) is 0 Å². The number of likely N-dealkylation sites (tertiary alicyclic amines) is 1.